The summed E-state index contributed by atoms with van der Waals surface area (Å²) in [4.78, 5) is 3.34. The van der Waals surface area contributed by atoms with E-state index in [4.69, 9.17) is 10.3 Å². The van der Waals surface area contributed by atoms with Gasteiger partial charge < -0.3 is 5.73 Å². The Hall–Kier alpha value is -1.35. The highest BCUT2D eigenvalue weighted by Gasteiger charge is 2.35. The van der Waals surface area contributed by atoms with Crippen molar-refractivity contribution in [3.8, 4) is 0 Å². The summed E-state index contributed by atoms with van der Waals surface area (Å²) < 4.78 is 66.9. The van der Waals surface area contributed by atoms with Gasteiger partial charge in [0.2, 0.25) is 0 Å². The van der Waals surface area contributed by atoms with Crippen LogP contribution in [0.4, 0.5) is 19.0 Å². The van der Waals surface area contributed by atoms with Crippen molar-refractivity contribution in [3.63, 3.8) is 0 Å². The molecule has 0 radical (unpaired) electrons. The second-order valence-corrected chi connectivity index (χ2v) is 4.40. The molecule has 1 aromatic rings. The minimum atomic E-state index is -4.75. The van der Waals surface area contributed by atoms with Crippen LogP contribution in [0.15, 0.2) is 12.3 Å². The molecule has 1 aromatic heterocycles. The lowest BCUT2D eigenvalue weighted by Crippen LogP contribution is -2.15. The largest absolute Gasteiger partial charge is 0.416 e. The number of nitrogen functional groups attached to an aromatic ring is 1. The number of nitrogens with two attached hydrogens (primary N) is 1. The monoisotopic (exact) mass is 256 g/mol. The zero-order valence-corrected chi connectivity index (χ0v) is 8.51. The quantitative estimate of drug-likeness (QED) is 0.772. The Labute approximate surface area is 88.8 Å². The molecule has 0 amide bonds. The van der Waals surface area contributed by atoms with E-state index >= 15 is 0 Å². The number of anilines is 1. The van der Waals surface area contributed by atoms with E-state index in [1.807, 2.05) is 0 Å². The number of pyridine rings is 1. The summed E-state index contributed by atoms with van der Waals surface area (Å²) >= 11 is 0. The van der Waals surface area contributed by atoms with Crippen LogP contribution in [0.25, 0.3) is 0 Å². The van der Waals surface area contributed by atoms with Gasteiger partial charge in [0.25, 0.3) is 10.1 Å². The average Bonchev–Trinajstić information content (AvgIpc) is 2.04. The van der Waals surface area contributed by atoms with Crippen molar-refractivity contribution in [2.45, 2.75) is 11.9 Å². The van der Waals surface area contributed by atoms with Crippen molar-refractivity contribution in [1.82, 2.24) is 4.98 Å². The van der Waals surface area contributed by atoms with E-state index in [0.29, 0.717) is 6.07 Å². The SMILES string of the molecule is Nc1nccc(C(F)(F)F)c1CS(=O)(=O)O. The Bertz CT molecular complexity index is 498. The van der Waals surface area contributed by atoms with Gasteiger partial charge >= 0.3 is 6.18 Å². The smallest absolute Gasteiger partial charge is 0.383 e. The van der Waals surface area contributed by atoms with Crippen molar-refractivity contribution in [3.05, 3.63) is 23.4 Å². The van der Waals surface area contributed by atoms with Crippen LogP contribution in [0.1, 0.15) is 11.1 Å². The normalized spacial score (nSPS) is 12.8. The first-order valence-electron chi connectivity index (χ1n) is 3.87. The molecule has 5 nitrogen and oxygen atoms in total. The topological polar surface area (TPSA) is 93.3 Å². The lowest BCUT2D eigenvalue weighted by atomic mass is 10.1. The van der Waals surface area contributed by atoms with E-state index in [1.165, 1.54) is 0 Å². The van der Waals surface area contributed by atoms with E-state index in [9.17, 15) is 21.6 Å². The van der Waals surface area contributed by atoms with Crippen LogP contribution >= 0.6 is 0 Å². The molecule has 0 unspecified atom stereocenters. The van der Waals surface area contributed by atoms with E-state index in [2.05, 4.69) is 4.98 Å². The van der Waals surface area contributed by atoms with Crippen molar-refractivity contribution < 1.29 is 26.1 Å². The summed E-state index contributed by atoms with van der Waals surface area (Å²) in [7, 11) is -4.60. The Morgan fingerprint density at radius 1 is 1.44 bits per heavy atom. The van der Waals surface area contributed by atoms with Crippen molar-refractivity contribution in [2.75, 3.05) is 5.73 Å². The summed E-state index contributed by atoms with van der Waals surface area (Å²) in [6, 6.07) is 0.594. The van der Waals surface area contributed by atoms with Gasteiger partial charge in [0, 0.05) is 11.8 Å². The van der Waals surface area contributed by atoms with Crippen LogP contribution in [-0.4, -0.2) is 18.0 Å². The molecule has 0 aromatic carbocycles. The molecule has 0 saturated heterocycles. The van der Waals surface area contributed by atoms with Gasteiger partial charge in [-0.05, 0) is 6.07 Å². The molecule has 0 spiro atoms. The summed E-state index contributed by atoms with van der Waals surface area (Å²) in [6.07, 6.45) is -3.94. The number of nitrogens with zero attached hydrogens (tertiary/aromatic N) is 1. The van der Waals surface area contributed by atoms with Crippen LogP contribution in [0.5, 0.6) is 0 Å². The maximum atomic E-state index is 12.4. The number of aromatic nitrogens is 1. The molecule has 1 rings (SSSR count). The molecule has 3 N–H and O–H groups in total. The average molecular weight is 256 g/mol. The van der Waals surface area contributed by atoms with Crippen molar-refractivity contribution in [1.29, 1.82) is 0 Å². The molecule has 0 fully saturated rings. The van der Waals surface area contributed by atoms with Gasteiger partial charge in [0.1, 0.15) is 11.6 Å². The number of halogens is 3. The summed E-state index contributed by atoms with van der Waals surface area (Å²) in [6.45, 7) is 0. The van der Waals surface area contributed by atoms with Crippen molar-refractivity contribution in [2.24, 2.45) is 0 Å². The Balaban J connectivity index is 3.36. The van der Waals surface area contributed by atoms with Gasteiger partial charge in [-0.25, -0.2) is 4.98 Å². The lowest BCUT2D eigenvalue weighted by molar-refractivity contribution is -0.138. The van der Waals surface area contributed by atoms with Gasteiger partial charge in [-0.1, -0.05) is 0 Å². The molecule has 1 heterocycles. The minimum absolute atomic E-state index is 0.576. The fourth-order valence-electron chi connectivity index (χ4n) is 1.11. The predicted molar refractivity (Wildman–Crippen MR) is 48.9 cm³/mol. The molecule has 16 heavy (non-hydrogen) atoms. The number of hydrogen-bond donors (Lipinski definition) is 2. The van der Waals surface area contributed by atoms with Gasteiger partial charge in [0.05, 0.1) is 5.56 Å². The molecule has 9 heteroatoms. The fraction of sp³-hybridized carbons (Fsp3) is 0.286. The Morgan fingerprint density at radius 2 is 2.00 bits per heavy atom. The Morgan fingerprint density at radius 3 is 2.44 bits per heavy atom. The highest BCUT2D eigenvalue weighted by atomic mass is 32.2. The predicted octanol–water partition coefficient (Wildman–Crippen LogP) is 1.07. The first-order chi connectivity index (χ1) is 7.11. The molecule has 0 aliphatic rings. The van der Waals surface area contributed by atoms with Crippen LogP contribution in [0.3, 0.4) is 0 Å². The van der Waals surface area contributed by atoms with Gasteiger partial charge in [-0.2, -0.15) is 21.6 Å². The van der Waals surface area contributed by atoms with E-state index < -0.39 is 39.0 Å². The molecule has 0 aliphatic carbocycles. The molecule has 0 saturated carbocycles. The number of hydrogen-bond acceptors (Lipinski definition) is 4. The van der Waals surface area contributed by atoms with Crippen molar-refractivity contribution >= 4 is 15.9 Å². The maximum absolute atomic E-state index is 12.4. The van der Waals surface area contributed by atoms with E-state index in [0.717, 1.165) is 6.20 Å². The van der Waals surface area contributed by atoms with Gasteiger partial charge in [0.15, 0.2) is 0 Å². The summed E-state index contributed by atoms with van der Waals surface area (Å²) in [5.74, 6) is -1.80. The summed E-state index contributed by atoms with van der Waals surface area (Å²) in [5, 5.41) is 0. The van der Waals surface area contributed by atoms with E-state index in [-0.39, 0.29) is 0 Å². The van der Waals surface area contributed by atoms with E-state index in [1.54, 1.807) is 0 Å². The number of alkyl halides is 3. The third-order valence-electron chi connectivity index (χ3n) is 1.72. The fourth-order valence-corrected chi connectivity index (χ4v) is 1.78. The minimum Gasteiger partial charge on any atom is -0.383 e. The third-order valence-corrected chi connectivity index (χ3v) is 2.37. The van der Waals surface area contributed by atoms with Crippen LogP contribution in [0, 0.1) is 0 Å². The second kappa shape index (κ2) is 3.91. The zero-order chi connectivity index (χ0) is 12.6. The molecule has 0 bridgehead atoms. The molecule has 90 valence electrons. The van der Waals surface area contributed by atoms with Crippen LogP contribution in [-0.2, 0) is 22.0 Å². The highest BCUT2D eigenvalue weighted by molar-refractivity contribution is 7.85. The second-order valence-electron chi connectivity index (χ2n) is 2.95. The van der Waals surface area contributed by atoms with Crippen LogP contribution in [0.2, 0.25) is 0 Å². The van der Waals surface area contributed by atoms with Crippen LogP contribution < -0.4 is 5.73 Å². The van der Waals surface area contributed by atoms with Gasteiger partial charge in [-0.15, -0.1) is 0 Å². The first-order valence-corrected chi connectivity index (χ1v) is 5.48. The molecule has 0 atom stereocenters. The molecule has 0 aliphatic heterocycles. The number of rotatable bonds is 2. The third kappa shape index (κ3) is 3.07. The highest BCUT2D eigenvalue weighted by Crippen LogP contribution is 2.34. The lowest BCUT2D eigenvalue weighted by Gasteiger charge is -2.12. The van der Waals surface area contributed by atoms with Gasteiger partial charge in [-0.3, -0.25) is 4.55 Å². The Kier molecular flexibility index (Phi) is 3.10. The maximum Gasteiger partial charge on any atom is 0.416 e. The first kappa shape index (κ1) is 12.7. The zero-order valence-electron chi connectivity index (χ0n) is 7.69. The summed E-state index contributed by atoms with van der Waals surface area (Å²) in [5.41, 5.74) is 3.16. The molecular formula is C7H7F3N2O3S. The molecular weight excluding hydrogens is 249 g/mol. The standard InChI is InChI=1S/C7H7F3N2O3S/c8-7(9,10)5-1-2-12-6(11)4(5)3-16(13,14)15/h1-2H,3H2,(H2,11,12)(H,13,14,15).